The van der Waals surface area contributed by atoms with Crippen molar-refractivity contribution >= 4 is 5.91 Å². The summed E-state index contributed by atoms with van der Waals surface area (Å²) in [6.07, 6.45) is -1.88. The van der Waals surface area contributed by atoms with Gasteiger partial charge in [0.15, 0.2) is 0 Å². The molecule has 6 nitrogen and oxygen atoms in total. The van der Waals surface area contributed by atoms with Crippen LogP contribution in [0.25, 0.3) is 0 Å². The average Bonchev–Trinajstić information content (AvgIpc) is 2.77. The largest absolute Gasteiger partial charge is 0.573 e. The molecule has 1 amide bonds. The Hall–Kier alpha value is -3.66. The lowest BCUT2D eigenvalue weighted by molar-refractivity contribution is -0.275. The van der Waals surface area contributed by atoms with Crippen LogP contribution in [0.3, 0.4) is 0 Å². The van der Waals surface area contributed by atoms with E-state index in [1.807, 2.05) is 0 Å². The lowest BCUT2D eigenvalue weighted by atomic mass is 10.0. The molecule has 0 radical (unpaired) electrons. The second-order valence-corrected chi connectivity index (χ2v) is 7.18. The second kappa shape index (κ2) is 9.45. The predicted molar refractivity (Wildman–Crippen MR) is 108 cm³/mol. The molecule has 1 aromatic heterocycles. The molecule has 1 aliphatic heterocycles. The minimum absolute atomic E-state index is 0.0828. The number of hydrogen-bond donors (Lipinski definition) is 0. The van der Waals surface area contributed by atoms with Gasteiger partial charge in [0.05, 0.1) is 19.2 Å². The number of benzene rings is 2. The van der Waals surface area contributed by atoms with Gasteiger partial charge in [0, 0.05) is 23.5 Å². The number of halogens is 4. The van der Waals surface area contributed by atoms with Crippen molar-refractivity contribution < 1.29 is 36.6 Å². The number of amides is 1. The summed E-state index contributed by atoms with van der Waals surface area (Å²) in [6, 6.07) is 11.9. The molecule has 0 spiro atoms. The van der Waals surface area contributed by atoms with E-state index in [0.717, 1.165) is 0 Å². The minimum atomic E-state index is -4.87. The topological polar surface area (TPSA) is 60.9 Å². The number of morpholine rings is 1. The number of hydrogen-bond acceptors (Lipinski definition) is 5. The van der Waals surface area contributed by atoms with E-state index < -0.39 is 29.9 Å². The number of ether oxygens (including phenoxy) is 3. The van der Waals surface area contributed by atoms with Gasteiger partial charge in [-0.3, -0.25) is 9.78 Å². The van der Waals surface area contributed by atoms with E-state index in [2.05, 4.69) is 9.72 Å². The fourth-order valence-corrected chi connectivity index (χ4v) is 3.47. The molecule has 2 aromatic carbocycles. The predicted octanol–water partition coefficient (Wildman–Crippen LogP) is 5.01. The van der Waals surface area contributed by atoms with E-state index in [0.29, 0.717) is 17.1 Å². The van der Waals surface area contributed by atoms with Crippen LogP contribution in [-0.4, -0.2) is 35.4 Å². The van der Waals surface area contributed by atoms with Gasteiger partial charge in [0.1, 0.15) is 29.7 Å². The van der Waals surface area contributed by atoms with Gasteiger partial charge in [0.2, 0.25) is 5.91 Å². The number of carbonyl (C=O) groups is 1. The molecule has 1 atom stereocenters. The van der Waals surface area contributed by atoms with E-state index in [-0.39, 0.29) is 25.3 Å². The number of rotatable bonds is 6. The maximum absolute atomic E-state index is 13.2. The molecule has 0 bridgehead atoms. The van der Waals surface area contributed by atoms with Crippen molar-refractivity contribution in [2.24, 2.45) is 0 Å². The molecule has 0 saturated carbocycles. The second-order valence-electron chi connectivity index (χ2n) is 7.18. The van der Waals surface area contributed by atoms with Crippen molar-refractivity contribution in [3.8, 4) is 17.2 Å². The number of alkyl halides is 3. The Morgan fingerprint density at radius 2 is 1.82 bits per heavy atom. The maximum atomic E-state index is 13.2. The monoisotopic (exact) mass is 462 g/mol. The minimum Gasteiger partial charge on any atom is -0.457 e. The van der Waals surface area contributed by atoms with Gasteiger partial charge in [-0.15, -0.1) is 13.2 Å². The summed E-state index contributed by atoms with van der Waals surface area (Å²) >= 11 is 0. The molecule has 1 saturated heterocycles. The zero-order valence-electron chi connectivity index (χ0n) is 17.1. The third-order valence-corrected chi connectivity index (χ3v) is 4.95. The third kappa shape index (κ3) is 5.58. The van der Waals surface area contributed by atoms with E-state index in [1.165, 1.54) is 59.8 Å². The fourth-order valence-electron chi connectivity index (χ4n) is 3.47. The Labute approximate surface area is 186 Å². The van der Waals surface area contributed by atoms with Crippen LogP contribution in [0.15, 0.2) is 67.0 Å². The van der Waals surface area contributed by atoms with Crippen LogP contribution < -0.4 is 9.47 Å². The molecule has 33 heavy (non-hydrogen) atoms. The SMILES string of the molecule is O=C1COCC(c2cnccc2Oc2ccc(F)cc2)N1Cc1ccccc1OC(F)(F)F. The van der Waals surface area contributed by atoms with Gasteiger partial charge in [-0.2, -0.15) is 0 Å². The molecule has 172 valence electrons. The number of nitrogens with zero attached hydrogens (tertiary/aromatic N) is 2. The van der Waals surface area contributed by atoms with Gasteiger partial charge in [-0.05, 0) is 36.4 Å². The van der Waals surface area contributed by atoms with Crippen LogP contribution in [0.2, 0.25) is 0 Å². The molecule has 0 N–H and O–H groups in total. The van der Waals surface area contributed by atoms with Crippen molar-refractivity contribution in [3.63, 3.8) is 0 Å². The smallest absolute Gasteiger partial charge is 0.457 e. The molecule has 10 heteroatoms. The summed E-state index contributed by atoms with van der Waals surface area (Å²) in [5, 5.41) is 0. The summed E-state index contributed by atoms with van der Waals surface area (Å²) in [6.45, 7) is -0.281. The number of pyridine rings is 1. The third-order valence-electron chi connectivity index (χ3n) is 4.95. The lowest BCUT2D eigenvalue weighted by Gasteiger charge is -2.36. The van der Waals surface area contributed by atoms with E-state index >= 15 is 0 Å². The maximum Gasteiger partial charge on any atom is 0.573 e. The highest BCUT2D eigenvalue weighted by Gasteiger charge is 2.35. The van der Waals surface area contributed by atoms with Crippen LogP contribution in [0, 0.1) is 5.82 Å². The highest BCUT2D eigenvalue weighted by Crippen LogP contribution is 2.36. The zero-order chi connectivity index (χ0) is 23.4. The summed E-state index contributed by atoms with van der Waals surface area (Å²) in [5.74, 6) is -0.511. The molecule has 1 unspecified atom stereocenters. The number of carbonyl (C=O) groups excluding carboxylic acids is 1. The number of para-hydroxylation sites is 1. The highest BCUT2D eigenvalue weighted by atomic mass is 19.4. The normalized spacial score (nSPS) is 16.5. The van der Waals surface area contributed by atoms with E-state index in [9.17, 15) is 22.4 Å². The van der Waals surface area contributed by atoms with Crippen molar-refractivity contribution in [1.29, 1.82) is 0 Å². The average molecular weight is 462 g/mol. The van der Waals surface area contributed by atoms with Crippen molar-refractivity contribution in [2.75, 3.05) is 13.2 Å². The Morgan fingerprint density at radius 3 is 2.58 bits per heavy atom. The van der Waals surface area contributed by atoms with Crippen LogP contribution in [0.5, 0.6) is 17.2 Å². The lowest BCUT2D eigenvalue weighted by Crippen LogP contribution is -2.43. The Bertz CT molecular complexity index is 1120. The van der Waals surface area contributed by atoms with Crippen LogP contribution in [0.1, 0.15) is 17.2 Å². The quantitative estimate of drug-likeness (QED) is 0.482. The Morgan fingerprint density at radius 1 is 1.06 bits per heavy atom. The van der Waals surface area contributed by atoms with Crippen LogP contribution in [-0.2, 0) is 16.1 Å². The first kappa shape index (κ1) is 22.5. The number of aromatic nitrogens is 1. The molecule has 3 aromatic rings. The summed E-state index contributed by atoms with van der Waals surface area (Å²) in [5.41, 5.74) is 0.670. The summed E-state index contributed by atoms with van der Waals surface area (Å²) < 4.78 is 67.1. The van der Waals surface area contributed by atoms with Gasteiger partial charge >= 0.3 is 6.36 Å². The molecular weight excluding hydrogens is 444 g/mol. The zero-order valence-corrected chi connectivity index (χ0v) is 17.1. The van der Waals surface area contributed by atoms with Crippen molar-refractivity contribution in [2.45, 2.75) is 18.9 Å². The van der Waals surface area contributed by atoms with E-state index in [1.54, 1.807) is 12.1 Å². The fraction of sp³-hybridized carbons (Fsp3) is 0.217. The molecule has 0 aliphatic carbocycles. The first-order valence-corrected chi connectivity index (χ1v) is 9.88. The Balaban J connectivity index is 1.64. The molecule has 4 rings (SSSR count). The molecular formula is C23H18F4N2O4. The van der Waals surface area contributed by atoms with Crippen molar-refractivity contribution in [1.82, 2.24) is 9.88 Å². The van der Waals surface area contributed by atoms with Gasteiger partial charge in [-0.1, -0.05) is 18.2 Å². The standard InChI is InChI=1S/C23H18F4N2O4/c24-16-5-7-17(8-6-16)32-21-9-10-28-11-18(21)19-13-31-14-22(30)29(19)12-15-3-1-2-4-20(15)33-23(25,26)27/h1-11,19H,12-14H2. The Kier molecular flexibility index (Phi) is 6.45. The van der Waals surface area contributed by atoms with Gasteiger partial charge in [-0.25, -0.2) is 4.39 Å². The first-order chi connectivity index (χ1) is 15.8. The molecule has 1 fully saturated rings. The summed E-state index contributed by atoms with van der Waals surface area (Å²) in [4.78, 5) is 18.2. The first-order valence-electron chi connectivity index (χ1n) is 9.88. The van der Waals surface area contributed by atoms with Gasteiger partial charge < -0.3 is 19.1 Å². The van der Waals surface area contributed by atoms with E-state index in [4.69, 9.17) is 9.47 Å². The molecule has 1 aliphatic rings. The summed E-state index contributed by atoms with van der Waals surface area (Å²) in [7, 11) is 0. The van der Waals surface area contributed by atoms with Crippen LogP contribution in [0.4, 0.5) is 17.6 Å². The highest BCUT2D eigenvalue weighted by molar-refractivity contribution is 5.79. The molecule has 2 heterocycles. The van der Waals surface area contributed by atoms with Crippen LogP contribution >= 0.6 is 0 Å². The van der Waals surface area contributed by atoms with Gasteiger partial charge in [0.25, 0.3) is 0 Å². The van der Waals surface area contributed by atoms with Crippen molar-refractivity contribution in [3.05, 3.63) is 83.9 Å².